The molecule has 1 aliphatic rings. The predicted octanol–water partition coefficient (Wildman–Crippen LogP) is 1.89. The summed E-state index contributed by atoms with van der Waals surface area (Å²) in [4.78, 5) is 14.2. The smallest absolute Gasteiger partial charge is 0.314 e. The third kappa shape index (κ3) is 5.22. The molecule has 3 N–H and O–H groups in total. The molecule has 0 saturated carbocycles. The van der Waals surface area contributed by atoms with Crippen LogP contribution in [-0.4, -0.2) is 47.8 Å². The number of benzene rings is 1. The van der Waals surface area contributed by atoms with Crippen LogP contribution in [0.2, 0.25) is 0 Å². The summed E-state index contributed by atoms with van der Waals surface area (Å²) in [5, 5.41) is 15.8. The molecular formula is C18H29N3O2. The molecule has 0 aromatic heterocycles. The van der Waals surface area contributed by atoms with Crippen molar-refractivity contribution in [3.63, 3.8) is 0 Å². The summed E-state index contributed by atoms with van der Waals surface area (Å²) >= 11 is 0. The normalized spacial score (nSPS) is 15.1. The van der Waals surface area contributed by atoms with Gasteiger partial charge in [0.25, 0.3) is 0 Å². The highest BCUT2D eigenvalue weighted by atomic mass is 16.3. The summed E-state index contributed by atoms with van der Waals surface area (Å²) in [5.41, 5.74) is 2.03. The third-order valence-electron chi connectivity index (χ3n) is 4.82. The van der Waals surface area contributed by atoms with Crippen LogP contribution in [0.15, 0.2) is 24.3 Å². The second-order valence-electron chi connectivity index (χ2n) is 6.34. The van der Waals surface area contributed by atoms with Crippen molar-refractivity contribution in [1.82, 2.24) is 15.5 Å². The highest BCUT2D eigenvalue weighted by Gasteiger charge is 2.22. The zero-order valence-corrected chi connectivity index (χ0v) is 14.3. The van der Waals surface area contributed by atoms with E-state index in [9.17, 15) is 9.90 Å². The highest BCUT2D eigenvalue weighted by Crippen LogP contribution is 2.17. The van der Waals surface area contributed by atoms with Gasteiger partial charge in [0.1, 0.15) is 0 Å². The van der Waals surface area contributed by atoms with Gasteiger partial charge in [0.2, 0.25) is 0 Å². The van der Waals surface area contributed by atoms with Crippen molar-refractivity contribution in [1.29, 1.82) is 0 Å². The number of rotatable bonds is 7. The van der Waals surface area contributed by atoms with Crippen molar-refractivity contribution < 1.29 is 9.90 Å². The summed E-state index contributed by atoms with van der Waals surface area (Å²) in [6.07, 6.45) is 2.34. The van der Waals surface area contributed by atoms with Crippen LogP contribution in [0.25, 0.3) is 0 Å². The van der Waals surface area contributed by atoms with Gasteiger partial charge in [-0.05, 0) is 30.4 Å². The van der Waals surface area contributed by atoms with Gasteiger partial charge in [-0.15, -0.1) is 0 Å². The number of hydrogen-bond donors (Lipinski definition) is 3. The Hall–Kier alpha value is -1.59. The number of fused-ring (bicyclic) bond motifs is 1. The van der Waals surface area contributed by atoms with Crippen molar-refractivity contribution >= 4 is 6.03 Å². The van der Waals surface area contributed by atoms with Crippen LogP contribution in [0.5, 0.6) is 0 Å². The molecule has 1 aromatic rings. The Morgan fingerprint density at radius 1 is 1.22 bits per heavy atom. The van der Waals surface area contributed by atoms with Gasteiger partial charge < -0.3 is 15.7 Å². The summed E-state index contributed by atoms with van der Waals surface area (Å²) in [5.74, 6) is 0. The molecule has 0 aliphatic carbocycles. The molecule has 5 heteroatoms. The van der Waals surface area contributed by atoms with Crippen molar-refractivity contribution in [3.8, 4) is 0 Å². The van der Waals surface area contributed by atoms with Gasteiger partial charge in [0.15, 0.2) is 0 Å². The van der Waals surface area contributed by atoms with Gasteiger partial charge >= 0.3 is 6.03 Å². The van der Waals surface area contributed by atoms with Crippen molar-refractivity contribution in [2.45, 2.75) is 45.3 Å². The number of urea groups is 1. The maximum absolute atomic E-state index is 11.8. The van der Waals surface area contributed by atoms with Gasteiger partial charge in [-0.3, -0.25) is 4.90 Å². The molecule has 1 heterocycles. The number of nitrogens with zero attached hydrogens (tertiary/aromatic N) is 1. The lowest BCUT2D eigenvalue weighted by atomic mass is 9.98. The fraction of sp³-hybridized carbons (Fsp3) is 0.611. The van der Waals surface area contributed by atoms with E-state index >= 15 is 0 Å². The van der Waals surface area contributed by atoms with Gasteiger partial charge in [-0.2, -0.15) is 0 Å². The van der Waals surface area contributed by atoms with Gasteiger partial charge in [0.05, 0.1) is 5.60 Å². The summed E-state index contributed by atoms with van der Waals surface area (Å²) in [7, 11) is 0. The minimum absolute atomic E-state index is 0.206. The minimum Gasteiger partial charge on any atom is -0.388 e. The molecule has 0 spiro atoms. The third-order valence-corrected chi connectivity index (χ3v) is 4.82. The van der Waals surface area contributed by atoms with Gasteiger partial charge in [-0.1, -0.05) is 38.1 Å². The first-order valence-electron chi connectivity index (χ1n) is 8.59. The maximum atomic E-state index is 11.8. The van der Waals surface area contributed by atoms with Crippen LogP contribution in [0, 0.1) is 0 Å². The fourth-order valence-electron chi connectivity index (χ4n) is 2.88. The molecule has 2 rings (SSSR count). The van der Waals surface area contributed by atoms with E-state index < -0.39 is 5.60 Å². The Kier molecular flexibility index (Phi) is 6.42. The van der Waals surface area contributed by atoms with E-state index in [0.29, 0.717) is 25.9 Å². The van der Waals surface area contributed by atoms with Gasteiger partial charge in [0, 0.05) is 32.7 Å². The van der Waals surface area contributed by atoms with Crippen LogP contribution in [0.3, 0.4) is 0 Å². The highest BCUT2D eigenvalue weighted by molar-refractivity contribution is 5.73. The lowest BCUT2D eigenvalue weighted by Gasteiger charge is -2.29. The molecule has 2 amide bonds. The quantitative estimate of drug-likeness (QED) is 0.719. The van der Waals surface area contributed by atoms with Crippen LogP contribution in [0.4, 0.5) is 4.79 Å². The number of aliphatic hydroxyl groups is 1. The Morgan fingerprint density at radius 3 is 2.61 bits per heavy atom. The van der Waals surface area contributed by atoms with E-state index in [4.69, 9.17) is 0 Å². The maximum Gasteiger partial charge on any atom is 0.314 e. The van der Waals surface area contributed by atoms with Crippen LogP contribution in [0.1, 0.15) is 37.8 Å². The molecule has 0 bridgehead atoms. The topological polar surface area (TPSA) is 64.6 Å². The van der Waals surface area contributed by atoms with Crippen LogP contribution >= 0.6 is 0 Å². The largest absolute Gasteiger partial charge is 0.388 e. The molecule has 0 unspecified atom stereocenters. The van der Waals surface area contributed by atoms with E-state index in [1.54, 1.807) is 0 Å². The lowest BCUT2D eigenvalue weighted by Crippen LogP contribution is -2.47. The van der Waals surface area contributed by atoms with Crippen LogP contribution < -0.4 is 10.6 Å². The molecule has 0 saturated heterocycles. The summed E-state index contributed by atoms with van der Waals surface area (Å²) in [6.45, 7) is 7.59. The zero-order valence-electron chi connectivity index (χ0n) is 14.3. The second-order valence-corrected chi connectivity index (χ2v) is 6.34. The van der Waals surface area contributed by atoms with E-state index in [2.05, 4.69) is 39.8 Å². The van der Waals surface area contributed by atoms with E-state index in [0.717, 1.165) is 26.1 Å². The monoisotopic (exact) mass is 319 g/mol. The number of hydrogen-bond acceptors (Lipinski definition) is 3. The first kappa shape index (κ1) is 17.8. The SMILES string of the molecule is CCC(O)(CC)CNC(=O)NCCN1CCc2ccccc2C1. The van der Waals surface area contributed by atoms with Crippen molar-refractivity contribution in [2.75, 3.05) is 26.2 Å². The number of carbonyl (C=O) groups is 1. The number of nitrogens with one attached hydrogen (secondary N) is 2. The average molecular weight is 319 g/mol. The predicted molar refractivity (Wildman–Crippen MR) is 92.4 cm³/mol. The summed E-state index contributed by atoms with van der Waals surface area (Å²) in [6, 6.07) is 8.34. The molecular weight excluding hydrogens is 290 g/mol. The minimum atomic E-state index is -0.798. The molecule has 128 valence electrons. The Balaban J connectivity index is 1.67. The molecule has 0 atom stereocenters. The molecule has 23 heavy (non-hydrogen) atoms. The Bertz CT molecular complexity index is 515. The van der Waals surface area contributed by atoms with Crippen molar-refractivity contribution in [3.05, 3.63) is 35.4 Å². The molecule has 0 fully saturated rings. The molecule has 1 aromatic carbocycles. The van der Waals surface area contributed by atoms with Crippen LogP contribution in [-0.2, 0) is 13.0 Å². The van der Waals surface area contributed by atoms with E-state index in [1.165, 1.54) is 11.1 Å². The van der Waals surface area contributed by atoms with E-state index in [1.807, 2.05) is 13.8 Å². The average Bonchev–Trinajstić information content (AvgIpc) is 2.59. The molecule has 5 nitrogen and oxygen atoms in total. The Morgan fingerprint density at radius 2 is 1.91 bits per heavy atom. The molecule has 0 radical (unpaired) electrons. The summed E-state index contributed by atoms with van der Waals surface area (Å²) < 4.78 is 0. The number of carbonyl (C=O) groups excluding carboxylic acids is 1. The first-order valence-corrected chi connectivity index (χ1v) is 8.59. The lowest BCUT2D eigenvalue weighted by molar-refractivity contribution is 0.0349. The Labute approximate surface area is 139 Å². The first-order chi connectivity index (χ1) is 11.1. The fourth-order valence-corrected chi connectivity index (χ4v) is 2.88. The second kappa shape index (κ2) is 8.31. The standard InChI is InChI=1S/C18H29N3O2/c1-3-18(23,4-2)14-20-17(22)19-10-12-21-11-9-15-7-5-6-8-16(15)13-21/h5-8,23H,3-4,9-14H2,1-2H3,(H2,19,20,22). The zero-order chi connectivity index (χ0) is 16.7. The van der Waals surface area contributed by atoms with Crippen molar-refractivity contribution in [2.24, 2.45) is 0 Å². The number of amides is 2. The van der Waals surface area contributed by atoms with E-state index in [-0.39, 0.29) is 6.03 Å². The molecule has 1 aliphatic heterocycles. The van der Waals surface area contributed by atoms with Gasteiger partial charge in [-0.25, -0.2) is 4.79 Å².